The third kappa shape index (κ3) is 3.09. The van der Waals surface area contributed by atoms with Gasteiger partial charge >= 0.3 is 0 Å². The zero-order valence-electron chi connectivity index (χ0n) is 10.3. The molecule has 1 saturated carbocycles. The molecule has 1 aromatic rings. The summed E-state index contributed by atoms with van der Waals surface area (Å²) in [6.45, 7) is 5.06. The predicted octanol–water partition coefficient (Wildman–Crippen LogP) is 3.71. The van der Waals surface area contributed by atoms with Crippen molar-refractivity contribution >= 4 is 21.8 Å². The first-order valence-corrected chi connectivity index (χ1v) is 6.94. The van der Waals surface area contributed by atoms with Crippen molar-refractivity contribution in [3.63, 3.8) is 0 Å². The Hall–Kier alpha value is -0.830. The second-order valence-corrected chi connectivity index (χ2v) is 5.83. The number of hydrogen-bond donors (Lipinski definition) is 0. The fourth-order valence-electron chi connectivity index (χ4n) is 1.90. The molecule has 0 unspecified atom stereocenters. The van der Waals surface area contributed by atoms with Crippen molar-refractivity contribution in [2.75, 3.05) is 6.54 Å². The lowest BCUT2D eigenvalue weighted by Crippen LogP contribution is -2.38. The number of halogens is 1. The van der Waals surface area contributed by atoms with Crippen LogP contribution in [0.5, 0.6) is 0 Å². The zero-order valence-corrected chi connectivity index (χ0v) is 11.9. The lowest BCUT2D eigenvalue weighted by atomic mass is 10.1. The average molecular weight is 296 g/mol. The molecule has 17 heavy (non-hydrogen) atoms. The minimum Gasteiger partial charge on any atom is -0.336 e. The SMILES string of the molecule is CC(C)N(CC1CC1)C(=O)c1ccccc1Br. The zero-order chi connectivity index (χ0) is 12.4. The van der Waals surface area contributed by atoms with Crippen LogP contribution in [-0.2, 0) is 0 Å². The van der Waals surface area contributed by atoms with E-state index in [1.807, 2.05) is 29.2 Å². The maximum Gasteiger partial charge on any atom is 0.255 e. The van der Waals surface area contributed by atoms with Crippen LogP contribution in [0.4, 0.5) is 0 Å². The summed E-state index contributed by atoms with van der Waals surface area (Å²) in [5.74, 6) is 0.864. The van der Waals surface area contributed by atoms with Crippen LogP contribution in [0.3, 0.4) is 0 Å². The first-order chi connectivity index (χ1) is 8.09. The van der Waals surface area contributed by atoms with Gasteiger partial charge in [-0.05, 0) is 60.7 Å². The van der Waals surface area contributed by atoms with E-state index in [1.165, 1.54) is 12.8 Å². The number of amides is 1. The van der Waals surface area contributed by atoms with E-state index in [1.54, 1.807) is 0 Å². The van der Waals surface area contributed by atoms with Crippen LogP contribution >= 0.6 is 15.9 Å². The molecule has 0 spiro atoms. The molecule has 0 saturated heterocycles. The van der Waals surface area contributed by atoms with Crippen molar-refractivity contribution in [2.24, 2.45) is 5.92 Å². The van der Waals surface area contributed by atoms with Crippen LogP contribution < -0.4 is 0 Å². The van der Waals surface area contributed by atoms with Crippen molar-refractivity contribution in [3.05, 3.63) is 34.3 Å². The first-order valence-electron chi connectivity index (χ1n) is 6.15. The van der Waals surface area contributed by atoms with Gasteiger partial charge in [-0.2, -0.15) is 0 Å². The maximum atomic E-state index is 12.5. The molecule has 0 N–H and O–H groups in total. The molecular formula is C14H18BrNO. The van der Waals surface area contributed by atoms with Crippen molar-refractivity contribution in [2.45, 2.75) is 32.7 Å². The first kappa shape index (κ1) is 12.6. The fraction of sp³-hybridized carbons (Fsp3) is 0.500. The topological polar surface area (TPSA) is 20.3 Å². The Labute approximate surface area is 111 Å². The highest BCUT2D eigenvalue weighted by Gasteiger charge is 2.29. The van der Waals surface area contributed by atoms with Gasteiger partial charge in [0.25, 0.3) is 5.91 Å². The van der Waals surface area contributed by atoms with E-state index in [-0.39, 0.29) is 11.9 Å². The number of rotatable bonds is 4. The molecule has 2 rings (SSSR count). The number of hydrogen-bond acceptors (Lipinski definition) is 1. The van der Waals surface area contributed by atoms with Gasteiger partial charge in [-0.15, -0.1) is 0 Å². The maximum absolute atomic E-state index is 12.5. The van der Waals surface area contributed by atoms with Crippen LogP contribution in [0, 0.1) is 5.92 Å². The molecule has 1 aromatic carbocycles. The minimum absolute atomic E-state index is 0.138. The van der Waals surface area contributed by atoms with Gasteiger partial charge < -0.3 is 4.90 Å². The molecule has 1 amide bonds. The van der Waals surface area contributed by atoms with Crippen molar-refractivity contribution in [1.82, 2.24) is 4.90 Å². The van der Waals surface area contributed by atoms with Gasteiger partial charge in [0.15, 0.2) is 0 Å². The van der Waals surface area contributed by atoms with Crippen molar-refractivity contribution in [3.8, 4) is 0 Å². The standard InChI is InChI=1S/C14H18BrNO/c1-10(2)16(9-11-7-8-11)14(17)12-5-3-4-6-13(12)15/h3-6,10-11H,7-9H2,1-2H3. The fourth-order valence-corrected chi connectivity index (χ4v) is 2.35. The molecule has 1 aliphatic carbocycles. The summed E-state index contributed by atoms with van der Waals surface area (Å²) >= 11 is 3.45. The molecule has 2 nitrogen and oxygen atoms in total. The Morgan fingerprint density at radius 3 is 2.59 bits per heavy atom. The Kier molecular flexibility index (Phi) is 3.87. The third-order valence-electron chi connectivity index (χ3n) is 3.14. The Morgan fingerprint density at radius 2 is 2.06 bits per heavy atom. The summed E-state index contributed by atoms with van der Waals surface area (Å²) in [7, 11) is 0. The Morgan fingerprint density at radius 1 is 1.41 bits per heavy atom. The Bertz CT molecular complexity index is 412. The highest BCUT2D eigenvalue weighted by atomic mass is 79.9. The van der Waals surface area contributed by atoms with Gasteiger partial charge in [0.05, 0.1) is 5.56 Å². The monoisotopic (exact) mass is 295 g/mol. The number of carbonyl (C=O) groups is 1. The van der Waals surface area contributed by atoms with E-state index in [2.05, 4.69) is 29.8 Å². The second kappa shape index (κ2) is 5.21. The Balaban J connectivity index is 2.18. The molecular weight excluding hydrogens is 278 g/mol. The van der Waals surface area contributed by atoms with Gasteiger partial charge in [-0.1, -0.05) is 12.1 Å². The lowest BCUT2D eigenvalue weighted by Gasteiger charge is -2.27. The van der Waals surface area contributed by atoms with E-state index >= 15 is 0 Å². The quantitative estimate of drug-likeness (QED) is 0.829. The molecule has 0 atom stereocenters. The summed E-state index contributed by atoms with van der Waals surface area (Å²) in [5, 5.41) is 0. The van der Waals surface area contributed by atoms with Crippen molar-refractivity contribution < 1.29 is 4.79 Å². The molecule has 3 heteroatoms. The summed E-state index contributed by atoms with van der Waals surface area (Å²) in [4.78, 5) is 14.5. The van der Waals surface area contributed by atoms with Gasteiger partial charge in [0.1, 0.15) is 0 Å². The predicted molar refractivity (Wildman–Crippen MR) is 73.0 cm³/mol. The van der Waals surface area contributed by atoms with E-state index < -0.39 is 0 Å². The minimum atomic E-state index is 0.138. The van der Waals surface area contributed by atoms with Crippen LogP contribution in [0.2, 0.25) is 0 Å². The highest BCUT2D eigenvalue weighted by molar-refractivity contribution is 9.10. The summed E-state index contributed by atoms with van der Waals surface area (Å²) in [5.41, 5.74) is 0.766. The number of nitrogens with zero attached hydrogens (tertiary/aromatic N) is 1. The van der Waals surface area contributed by atoms with Gasteiger partial charge in [-0.3, -0.25) is 4.79 Å². The summed E-state index contributed by atoms with van der Waals surface area (Å²) in [6.07, 6.45) is 2.54. The van der Waals surface area contributed by atoms with Gasteiger partial charge in [0.2, 0.25) is 0 Å². The molecule has 1 aliphatic rings. The van der Waals surface area contributed by atoms with E-state index in [9.17, 15) is 4.79 Å². The summed E-state index contributed by atoms with van der Waals surface area (Å²) < 4.78 is 0.881. The molecule has 0 radical (unpaired) electrons. The van der Waals surface area contributed by atoms with Crippen LogP contribution in [0.25, 0.3) is 0 Å². The van der Waals surface area contributed by atoms with Gasteiger partial charge in [0, 0.05) is 17.1 Å². The molecule has 0 bridgehead atoms. The van der Waals surface area contributed by atoms with E-state index in [4.69, 9.17) is 0 Å². The van der Waals surface area contributed by atoms with Crippen LogP contribution in [0.1, 0.15) is 37.0 Å². The normalized spacial score (nSPS) is 15.1. The van der Waals surface area contributed by atoms with Gasteiger partial charge in [-0.25, -0.2) is 0 Å². The van der Waals surface area contributed by atoms with E-state index in [0.717, 1.165) is 22.5 Å². The highest BCUT2D eigenvalue weighted by Crippen LogP contribution is 2.31. The van der Waals surface area contributed by atoms with Crippen LogP contribution in [-0.4, -0.2) is 23.4 Å². The molecule has 0 aromatic heterocycles. The number of carbonyl (C=O) groups excluding carboxylic acids is 1. The molecule has 1 fully saturated rings. The lowest BCUT2D eigenvalue weighted by molar-refractivity contribution is 0.0695. The molecule has 0 heterocycles. The molecule has 92 valence electrons. The smallest absolute Gasteiger partial charge is 0.255 e. The van der Waals surface area contributed by atoms with E-state index in [0.29, 0.717) is 0 Å². The number of benzene rings is 1. The van der Waals surface area contributed by atoms with Crippen LogP contribution in [0.15, 0.2) is 28.7 Å². The largest absolute Gasteiger partial charge is 0.336 e. The average Bonchev–Trinajstić information content (AvgIpc) is 3.09. The third-order valence-corrected chi connectivity index (χ3v) is 3.83. The van der Waals surface area contributed by atoms with Crippen molar-refractivity contribution in [1.29, 1.82) is 0 Å². The second-order valence-electron chi connectivity index (χ2n) is 4.97. The molecule has 0 aliphatic heterocycles. The summed E-state index contributed by atoms with van der Waals surface area (Å²) in [6, 6.07) is 7.90.